The summed E-state index contributed by atoms with van der Waals surface area (Å²) in [5, 5.41) is 14.1. The van der Waals surface area contributed by atoms with E-state index < -0.39 is 17.8 Å². The number of aromatic amines is 1. The van der Waals surface area contributed by atoms with Crippen LogP contribution >= 0.6 is 0 Å². The molecule has 0 saturated heterocycles. The lowest BCUT2D eigenvalue weighted by Crippen LogP contribution is -2.44. The maximum atomic E-state index is 15.5. The number of carbonyl (C=O) groups is 2. The summed E-state index contributed by atoms with van der Waals surface area (Å²) in [6, 6.07) is 17.4. The molecule has 5 aromatic rings. The number of aromatic nitrogens is 6. The standard InChI is InChI=1S/C31H27FN8O2/c1-2-20-9-13-26(40-19-35-37-38-40)25(28(20)32)12-14-27(41)39-18-15-21-5-3-4-6-24(21)29(39)31(42)36-23-10-7-22(8-11-23)30-33-16-17-34-30/h3-14,16-17,19,29H,2,15,18H2,1H3,(H,33,34)(H,36,42)/b14-12+/t29-/m0/s1. The zero-order valence-corrected chi connectivity index (χ0v) is 22.7. The fourth-order valence-electron chi connectivity index (χ4n) is 5.21. The number of nitrogens with one attached hydrogen (secondary N) is 2. The molecule has 210 valence electrons. The van der Waals surface area contributed by atoms with Crippen molar-refractivity contribution in [2.75, 3.05) is 11.9 Å². The SMILES string of the molecule is CCc1ccc(-n2cnnn2)c(/C=C/C(=O)N2CCc3ccccc3[C@H]2C(=O)Nc2ccc(-c3ncc[nH]3)cc2)c1F. The third kappa shape index (κ3) is 5.19. The van der Waals surface area contributed by atoms with Crippen molar-refractivity contribution in [2.24, 2.45) is 0 Å². The first-order chi connectivity index (χ1) is 20.5. The number of H-pyrrole nitrogens is 1. The van der Waals surface area contributed by atoms with Gasteiger partial charge in [0.1, 0.15) is 24.0 Å². The summed E-state index contributed by atoms with van der Waals surface area (Å²) < 4.78 is 16.8. The highest BCUT2D eigenvalue weighted by Crippen LogP contribution is 2.32. The van der Waals surface area contributed by atoms with E-state index in [1.807, 2.05) is 43.3 Å². The number of benzene rings is 3. The van der Waals surface area contributed by atoms with Crippen LogP contribution in [0, 0.1) is 5.82 Å². The molecule has 2 amide bonds. The molecule has 0 radical (unpaired) electrons. The third-order valence-electron chi connectivity index (χ3n) is 7.34. The smallest absolute Gasteiger partial charge is 0.251 e. The number of anilines is 1. The van der Waals surface area contributed by atoms with Gasteiger partial charge in [0.25, 0.3) is 5.91 Å². The highest BCUT2D eigenvalue weighted by Gasteiger charge is 2.35. The van der Waals surface area contributed by atoms with E-state index in [-0.39, 0.29) is 11.5 Å². The number of hydrogen-bond acceptors (Lipinski definition) is 6. The van der Waals surface area contributed by atoms with Crippen LogP contribution in [0.5, 0.6) is 0 Å². The Morgan fingerprint density at radius 1 is 1.12 bits per heavy atom. The maximum absolute atomic E-state index is 15.5. The van der Waals surface area contributed by atoms with Crippen LogP contribution in [0.25, 0.3) is 23.2 Å². The van der Waals surface area contributed by atoms with Crippen LogP contribution < -0.4 is 5.32 Å². The monoisotopic (exact) mass is 562 g/mol. The van der Waals surface area contributed by atoms with Crippen molar-refractivity contribution in [3.63, 3.8) is 0 Å². The van der Waals surface area contributed by atoms with Gasteiger partial charge >= 0.3 is 0 Å². The average molecular weight is 563 g/mol. The number of tetrazole rings is 1. The molecule has 0 aliphatic carbocycles. The fourth-order valence-corrected chi connectivity index (χ4v) is 5.21. The summed E-state index contributed by atoms with van der Waals surface area (Å²) in [6.45, 7) is 2.18. The van der Waals surface area contributed by atoms with E-state index in [0.717, 1.165) is 22.5 Å². The summed E-state index contributed by atoms with van der Waals surface area (Å²) in [5.41, 5.74) is 4.31. The van der Waals surface area contributed by atoms with Crippen molar-refractivity contribution in [1.82, 2.24) is 35.1 Å². The third-order valence-corrected chi connectivity index (χ3v) is 7.34. The van der Waals surface area contributed by atoms with Gasteiger partial charge in [0, 0.05) is 41.8 Å². The van der Waals surface area contributed by atoms with E-state index in [2.05, 4.69) is 30.8 Å². The average Bonchev–Trinajstić information content (AvgIpc) is 3.75. The fraction of sp³-hybridized carbons (Fsp3) is 0.161. The number of imidazole rings is 1. The molecule has 3 heterocycles. The molecule has 0 bridgehead atoms. The first kappa shape index (κ1) is 26.8. The molecule has 0 saturated carbocycles. The Kier molecular flexibility index (Phi) is 7.37. The molecule has 0 spiro atoms. The molecule has 3 aromatic carbocycles. The lowest BCUT2D eigenvalue weighted by Gasteiger charge is -2.35. The number of fused-ring (bicyclic) bond motifs is 1. The largest absolute Gasteiger partial charge is 0.345 e. The van der Waals surface area contributed by atoms with Crippen LogP contribution in [0.4, 0.5) is 10.1 Å². The van der Waals surface area contributed by atoms with Crippen LogP contribution in [-0.2, 0) is 22.4 Å². The minimum Gasteiger partial charge on any atom is -0.345 e. The molecule has 2 aromatic heterocycles. The number of rotatable bonds is 7. The molecule has 42 heavy (non-hydrogen) atoms. The van der Waals surface area contributed by atoms with Crippen molar-refractivity contribution in [2.45, 2.75) is 25.8 Å². The van der Waals surface area contributed by atoms with E-state index in [9.17, 15) is 9.59 Å². The predicted octanol–water partition coefficient (Wildman–Crippen LogP) is 4.53. The molecule has 1 aliphatic heterocycles. The van der Waals surface area contributed by atoms with Gasteiger partial charge in [-0.1, -0.05) is 37.3 Å². The second kappa shape index (κ2) is 11.6. The first-order valence-electron chi connectivity index (χ1n) is 13.6. The molecule has 1 aliphatic rings. The number of aryl methyl sites for hydroxylation is 1. The predicted molar refractivity (Wildman–Crippen MR) is 155 cm³/mol. The number of carbonyl (C=O) groups excluding carboxylic acids is 2. The van der Waals surface area contributed by atoms with E-state index in [4.69, 9.17) is 0 Å². The number of hydrogen-bond donors (Lipinski definition) is 2. The van der Waals surface area contributed by atoms with Crippen molar-refractivity contribution in [1.29, 1.82) is 0 Å². The lowest BCUT2D eigenvalue weighted by atomic mass is 9.91. The zero-order chi connectivity index (χ0) is 29.1. The van der Waals surface area contributed by atoms with Gasteiger partial charge < -0.3 is 15.2 Å². The second-order valence-corrected chi connectivity index (χ2v) is 9.80. The topological polar surface area (TPSA) is 122 Å². The summed E-state index contributed by atoms with van der Waals surface area (Å²) in [5.74, 6) is -0.488. The Morgan fingerprint density at radius 3 is 2.69 bits per heavy atom. The summed E-state index contributed by atoms with van der Waals surface area (Å²) in [6.07, 6.45) is 8.58. The maximum Gasteiger partial charge on any atom is 0.251 e. The Morgan fingerprint density at radius 2 is 1.95 bits per heavy atom. The van der Waals surface area contributed by atoms with E-state index in [1.54, 1.807) is 36.7 Å². The van der Waals surface area contributed by atoms with Gasteiger partial charge in [-0.2, -0.15) is 4.68 Å². The molecule has 0 fully saturated rings. The van der Waals surface area contributed by atoms with Gasteiger partial charge in [-0.15, -0.1) is 5.10 Å². The Hall–Kier alpha value is -5.45. The van der Waals surface area contributed by atoms with Crippen molar-refractivity contribution in [3.8, 4) is 17.1 Å². The van der Waals surface area contributed by atoms with Gasteiger partial charge in [-0.05, 0) is 76.4 Å². The van der Waals surface area contributed by atoms with E-state index in [1.165, 1.54) is 28.1 Å². The first-order valence-corrected chi connectivity index (χ1v) is 13.6. The quantitative estimate of drug-likeness (QED) is 0.281. The Bertz CT molecular complexity index is 1750. The van der Waals surface area contributed by atoms with Gasteiger partial charge in [0.15, 0.2) is 0 Å². The normalized spacial score (nSPS) is 14.6. The van der Waals surface area contributed by atoms with Gasteiger partial charge in [-0.3, -0.25) is 9.59 Å². The molecule has 0 unspecified atom stereocenters. The van der Waals surface area contributed by atoms with Crippen LogP contribution in [-0.4, -0.2) is 53.4 Å². The summed E-state index contributed by atoms with van der Waals surface area (Å²) >= 11 is 0. The van der Waals surface area contributed by atoms with Crippen molar-refractivity contribution >= 4 is 23.6 Å². The van der Waals surface area contributed by atoms with Crippen LogP contribution in [0.15, 0.2) is 85.5 Å². The molecular formula is C31H27FN8O2. The lowest BCUT2D eigenvalue weighted by molar-refractivity contribution is -0.135. The van der Waals surface area contributed by atoms with Crippen LogP contribution in [0.3, 0.4) is 0 Å². The highest BCUT2D eigenvalue weighted by molar-refractivity contribution is 6.01. The molecule has 1 atom stereocenters. The van der Waals surface area contributed by atoms with Crippen LogP contribution in [0.1, 0.15) is 35.2 Å². The van der Waals surface area contributed by atoms with Gasteiger partial charge in [-0.25, -0.2) is 9.37 Å². The molecule has 11 heteroatoms. The molecular weight excluding hydrogens is 535 g/mol. The zero-order valence-electron chi connectivity index (χ0n) is 22.7. The van der Waals surface area contributed by atoms with Gasteiger partial charge in [0.2, 0.25) is 5.91 Å². The van der Waals surface area contributed by atoms with E-state index in [0.29, 0.717) is 36.3 Å². The number of nitrogens with zero attached hydrogens (tertiary/aromatic N) is 6. The minimum absolute atomic E-state index is 0.185. The number of amides is 2. The minimum atomic E-state index is -0.873. The molecule has 10 nitrogen and oxygen atoms in total. The van der Waals surface area contributed by atoms with Gasteiger partial charge in [0.05, 0.1) is 5.69 Å². The molecule has 6 rings (SSSR count). The Labute approximate surface area is 240 Å². The Balaban J connectivity index is 1.29. The second-order valence-electron chi connectivity index (χ2n) is 9.80. The van der Waals surface area contributed by atoms with E-state index >= 15 is 4.39 Å². The summed E-state index contributed by atoms with van der Waals surface area (Å²) in [4.78, 5) is 36.2. The van der Waals surface area contributed by atoms with Crippen molar-refractivity contribution < 1.29 is 14.0 Å². The molecule has 2 N–H and O–H groups in total. The van der Waals surface area contributed by atoms with Crippen LogP contribution in [0.2, 0.25) is 0 Å². The number of halogens is 1. The summed E-state index contributed by atoms with van der Waals surface area (Å²) in [7, 11) is 0. The van der Waals surface area contributed by atoms with Crippen molar-refractivity contribution in [3.05, 3.63) is 114 Å². The highest BCUT2D eigenvalue weighted by atomic mass is 19.1.